The zero-order chi connectivity index (χ0) is 25.8. The van der Waals surface area contributed by atoms with Gasteiger partial charge in [0.25, 0.3) is 0 Å². The summed E-state index contributed by atoms with van der Waals surface area (Å²) in [7, 11) is 0. The summed E-state index contributed by atoms with van der Waals surface area (Å²) in [5, 5.41) is 0. The van der Waals surface area contributed by atoms with E-state index in [4.69, 9.17) is 18.9 Å². The van der Waals surface area contributed by atoms with Crippen molar-refractivity contribution in [2.45, 2.75) is 119 Å². The molecule has 32 heavy (non-hydrogen) atoms. The smallest absolute Gasteiger partial charge is 0.411 e. The summed E-state index contributed by atoms with van der Waals surface area (Å²) in [5.74, 6) is -0.657. The lowest BCUT2D eigenvalue weighted by Gasteiger charge is -2.29. The summed E-state index contributed by atoms with van der Waals surface area (Å²) in [5.41, 5.74) is -1.51. The fourth-order valence-corrected chi connectivity index (χ4v) is 2.48. The van der Waals surface area contributed by atoms with Gasteiger partial charge in [-0.2, -0.15) is 0 Å². The molecule has 8 nitrogen and oxygen atoms in total. The lowest BCUT2D eigenvalue weighted by Crippen LogP contribution is -2.45. The number of rotatable bonds is 4. The highest BCUT2D eigenvalue weighted by Gasteiger charge is 2.38. The number of nitrogens with zero attached hydrogens (tertiary/aromatic N) is 1. The number of carbonyl (C=O) groups excluding carboxylic acids is 3. The standard InChI is InChI=1S/C14H25NO4.C8H16O3.C2H6/c1-13(2,3)18-11(16)10-8-7-9-15(10)12(17)19-14(4,5)6;1-5-10-6-7(9)11-8(2,3)4;1-2/h10H,7-9H2,1-6H3;5-6H2,1-4H3;1-2H3. The van der Waals surface area contributed by atoms with Crippen molar-refractivity contribution in [1.29, 1.82) is 0 Å². The van der Waals surface area contributed by atoms with Crippen molar-refractivity contribution in [1.82, 2.24) is 4.90 Å². The fraction of sp³-hybridized carbons (Fsp3) is 0.875. The molecule has 190 valence electrons. The molecule has 1 saturated heterocycles. The fourth-order valence-electron chi connectivity index (χ4n) is 2.48. The van der Waals surface area contributed by atoms with Crippen molar-refractivity contribution in [3.8, 4) is 0 Å². The number of carbonyl (C=O) groups is 3. The first-order valence-electron chi connectivity index (χ1n) is 11.5. The number of likely N-dealkylation sites (tertiary alicyclic amines) is 1. The summed E-state index contributed by atoms with van der Waals surface area (Å²) >= 11 is 0. The highest BCUT2D eigenvalue weighted by molar-refractivity contribution is 5.82. The van der Waals surface area contributed by atoms with Crippen molar-refractivity contribution < 1.29 is 33.3 Å². The van der Waals surface area contributed by atoms with E-state index < -0.39 is 28.9 Å². The molecule has 0 aliphatic carbocycles. The van der Waals surface area contributed by atoms with E-state index in [1.165, 1.54) is 4.90 Å². The number of hydrogen-bond acceptors (Lipinski definition) is 7. The van der Waals surface area contributed by atoms with Crippen LogP contribution in [0.5, 0.6) is 0 Å². The van der Waals surface area contributed by atoms with E-state index in [2.05, 4.69) is 0 Å². The number of esters is 2. The summed E-state index contributed by atoms with van der Waals surface area (Å²) in [6.07, 6.45) is 0.984. The van der Waals surface area contributed by atoms with Crippen molar-refractivity contribution >= 4 is 18.0 Å². The first-order chi connectivity index (χ1) is 14.4. The van der Waals surface area contributed by atoms with E-state index in [0.29, 0.717) is 19.6 Å². The van der Waals surface area contributed by atoms with Crippen molar-refractivity contribution in [3.05, 3.63) is 0 Å². The molecule has 1 unspecified atom stereocenters. The lowest BCUT2D eigenvalue weighted by atomic mass is 10.1. The molecule has 0 aromatic rings. The monoisotopic (exact) mass is 461 g/mol. The Morgan fingerprint density at radius 3 is 1.69 bits per heavy atom. The Hall–Kier alpha value is -1.83. The van der Waals surface area contributed by atoms with Gasteiger partial charge in [0.1, 0.15) is 29.5 Å². The summed E-state index contributed by atoms with van der Waals surface area (Å²) < 4.78 is 20.5. The second-order valence-corrected chi connectivity index (χ2v) is 10.1. The van der Waals surface area contributed by atoms with Gasteiger partial charge < -0.3 is 18.9 Å². The van der Waals surface area contributed by atoms with E-state index >= 15 is 0 Å². The summed E-state index contributed by atoms with van der Waals surface area (Å²) in [6, 6.07) is -0.519. The molecule has 1 aliphatic heterocycles. The third-order valence-electron chi connectivity index (χ3n) is 3.40. The molecule has 1 fully saturated rings. The maximum Gasteiger partial charge on any atom is 0.411 e. The first-order valence-corrected chi connectivity index (χ1v) is 11.5. The van der Waals surface area contributed by atoms with E-state index in [-0.39, 0.29) is 18.5 Å². The number of amides is 1. The highest BCUT2D eigenvalue weighted by atomic mass is 16.6. The lowest BCUT2D eigenvalue weighted by molar-refractivity contribution is -0.161. The molecule has 1 amide bonds. The summed E-state index contributed by atoms with van der Waals surface area (Å²) in [6.45, 7) is 23.3. The van der Waals surface area contributed by atoms with Crippen molar-refractivity contribution in [3.63, 3.8) is 0 Å². The molecule has 0 saturated carbocycles. The van der Waals surface area contributed by atoms with Crippen LogP contribution in [-0.2, 0) is 28.5 Å². The van der Waals surface area contributed by atoms with Crippen LogP contribution in [0, 0.1) is 0 Å². The van der Waals surface area contributed by atoms with Gasteiger partial charge in [-0.1, -0.05) is 13.8 Å². The van der Waals surface area contributed by atoms with Crippen molar-refractivity contribution in [2.75, 3.05) is 19.8 Å². The molecule has 1 aliphatic rings. The van der Waals surface area contributed by atoms with Crippen LogP contribution in [0.1, 0.15) is 95.9 Å². The van der Waals surface area contributed by atoms with E-state index in [1.54, 1.807) is 0 Å². The Morgan fingerprint density at radius 2 is 1.28 bits per heavy atom. The molecule has 8 heteroatoms. The predicted molar refractivity (Wildman–Crippen MR) is 125 cm³/mol. The second kappa shape index (κ2) is 14.3. The molecule has 0 bridgehead atoms. The second-order valence-electron chi connectivity index (χ2n) is 10.1. The van der Waals surface area contributed by atoms with Crippen LogP contribution in [0.4, 0.5) is 4.79 Å². The van der Waals surface area contributed by atoms with Crippen LogP contribution in [-0.4, -0.2) is 65.5 Å². The van der Waals surface area contributed by atoms with Gasteiger partial charge in [-0.05, 0) is 82.1 Å². The van der Waals surface area contributed by atoms with Gasteiger partial charge >= 0.3 is 18.0 Å². The molecule has 0 spiro atoms. The van der Waals surface area contributed by atoms with Gasteiger partial charge in [-0.15, -0.1) is 0 Å². The molecule has 1 atom stereocenters. The molecule has 0 N–H and O–H groups in total. The van der Waals surface area contributed by atoms with Gasteiger partial charge in [0.05, 0.1) is 0 Å². The summed E-state index contributed by atoms with van der Waals surface area (Å²) in [4.78, 5) is 36.4. The molecular formula is C24H47NO7. The van der Waals surface area contributed by atoms with Gasteiger partial charge in [-0.3, -0.25) is 4.90 Å². The average Bonchev–Trinajstić information content (AvgIpc) is 3.08. The van der Waals surface area contributed by atoms with Gasteiger partial charge in [0.2, 0.25) is 0 Å². The topological polar surface area (TPSA) is 91.4 Å². The Labute approximate surface area is 195 Å². The van der Waals surface area contributed by atoms with Crippen LogP contribution >= 0.6 is 0 Å². The zero-order valence-corrected chi connectivity index (χ0v) is 22.4. The SMILES string of the molecule is CC.CC(C)(C)OC(=O)C1CCCN1C(=O)OC(C)(C)C.CCOCC(=O)OC(C)(C)C. The Bertz CT molecular complexity index is 534. The Balaban J connectivity index is 0. The molecule has 0 aromatic heterocycles. The van der Waals surface area contributed by atoms with Crippen LogP contribution in [0.25, 0.3) is 0 Å². The molecule has 1 rings (SSSR count). The predicted octanol–water partition coefficient (Wildman–Crippen LogP) is 5.12. The highest BCUT2D eigenvalue weighted by Crippen LogP contribution is 2.23. The van der Waals surface area contributed by atoms with E-state index in [9.17, 15) is 14.4 Å². The van der Waals surface area contributed by atoms with Gasteiger partial charge in [0.15, 0.2) is 0 Å². The minimum Gasteiger partial charge on any atom is -0.458 e. The molecule has 1 heterocycles. The maximum atomic E-state index is 12.1. The minimum atomic E-state index is -0.557. The number of hydrogen-bond donors (Lipinski definition) is 0. The molecule has 0 radical (unpaired) electrons. The quantitative estimate of drug-likeness (QED) is 0.424. The minimum absolute atomic E-state index is 0.0494. The number of ether oxygens (including phenoxy) is 4. The van der Waals surface area contributed by atoms with Crippen LogP contribution in [0.15, 0.2) is 0 Å². The largest absolute Gasteiger partial charge is 0.458 e. The van der Waals surface area contributed by atoms with Gasteiger partial charge in [0, 0.05) is 13.2 Å². The van der Waals surface area contributed by atoms with Gasteiger partial charge in [-0.25, -0.2) is 14.4 Å². The Morgan fingerprint density at radius 1 is 0.812 bits per heavy atom. The molecule has 0 aromatic carbocycles. The third-order valence-corrected chi connectivity index (χ3v) is 3.40. The van der Waals surface area contributed by atoms with E-state index in [1.807, 2.05) is 83.1 Å². The van der Waals surface area contributed by atoms with E-state index in [0.717, 1.165) is 6.42 Å². The third kappa shape index (κ3) is 16.8. The average molecular weight is 462 g/mol. The van der Waals surface area contributed by atoms with Crippen LogP contribution < -0.4 is 0 Å². The maximum absolute atomic E-state index is 12.1. The Kier molecular flexibility index (Phi) is 14.5. The van der Waals surface area contributed by atoms with Crippen molar-refractivity contribution in [2.24, 2.45) is 0 Å². The van der Waals surface area contributed by atoms with Crippen LogP contribution in [0.2, 0.25) is 0 Å². The zero-order valence-electron chi connectivity index (χ0n) is 22.4. The van der Waals surface area contributed by atoms with Crippen LogP contribution in [0.3, 0.4) is 0 Å². The molecular weight excluding hydrogens is 414 g/mol. The first kappa shape index (κ1) is 32.4. The normalized spacial score (nSPS) is 16.1.